The predicted molar refractivity (Wildman–Crippen MR) is 89.8 cm³/mol. The van der Waals surface area contributed by atoms with Crippen molar-refractivity contribution < 1.29 is 14.4 Å². The molecule has 8 nitrogen and oxygen atoms in total. The summed E-state index contributed by atoms with van der Waals surface area (Å²) in [5, 5.41) is 9.53. The van der Waals surface area contributed by atoms with Crippen molar-refractivity contribution in [3.8, 4) is 0 Å². The highest BCUT2D eigenvalue weighted by Gasteiger charge is 2.30. The monoisotopic (exact) mass is 341 g/mol. The first-order chi connectivity index (χ1) is 12.1. The Balaban J connectivity index is 1.59. The third kappa shape index (κ3) is 4.09. The largest absolute Gasteiger partial charge is 0.359 e. The average molecular weight is 341 g/mol. The smallest absolute Gasteiger partial charge is 0.335 e. The summed E-state index contributed by atoms with van der Waals surface area (Å²) in [4.78, 5) is 35.7. The van der Waals surface area contributed by atoms with E-state index in [2.05, 4.69) is 38.5 Å². The molecule has 0 bridgehead atoms. The fourth-order valence-corrected chi connectivity index (χ4v) is 2.91. The minimum Gasteiger partial charge on any atom is -0.335 e. The highest BCUT2D eigenvalue weighted by Crippen LogP contribution is 2.24. The normalized spacial score (nSPS) is 24.7. The van der Waals surface area contributed by atoms with Gasteiger partial charge >= 0.3 is 11.9 Å². The van der Waals surface area contributed by atoms with Gasteiger partial charge < -0.3 is 5.32 Å². The molecule has 3 rings (SSSR count). The molecule has 130 valence electrons. The second-order valence-electron chi connectivity index (χ2n) is 6.01. The molecular weight excluding hydrogens is 322 g/mol. The van der Waals surface area contributed by atoms with Crippen LogP contribution in [-0.2, 0) is 9.59 Å². The van der Waals surface area contributed by atoms with Crippen molar-refractivity contribution in [3.63, 3.8) is 0 Å². The molecule has 0 aromatic rings. The topological polar surface area (TPSA) is 112 Å². The number of carbonyl (C=O) groups is 3. The fraction of sp³-hybridized carbons (Fsp3) is 0.353. The van der Waals surface area contributed by atoms with Crippen LogP contribution in [0.15, 0.2) is 58.0 Å². The number of azo groups is 1. The van der Waals surface area contributed by atoms with E-state index in [0.717, 1.165) is 19.3 Å². The van der Waals surface area contributed by atoms with E-state index in [1.54, 1.807) is 24.3 Å². The highest BCUT2D eigenvalue weighted by molar-refractivity contribution is 5.99. The number of allylic oxidation sites excluding steroid dienone is 5. The molecule has 4 amide bonds. The molecule has 3 aliphatic rings. The van der Waals surface area contributed by atoms with Gasteiger partial charge in [0.25, 0.3) is 0 Å². The minimum absolute atomic E-state index is 0.110. The van der Waals surface area contributed by atoms with E-state index >= 15 is 0 Å². The van der Waals surface area contributed by atoms with Gasteiger partial charge in [-0.3, -0.25) is 20.4 Å². The molecule has 1 heterocycles. The average Bonchev–Trinajstić information content (AvgIpc) is 2.66. The molecule has 0 saturated heterocycles. The standard InChI is InChI=1S/C17H19N5O3/c23-15-13-9-5-4-8-12(13)14(19-20-15)16(24)21-22-17(25)18-10-11-6-2-1-3-7-11/h1-2,4-5,8-9,11,13,19H,3,6-7,10H2,(H,18,25)(H,20,23). The Morgan fingerprint density at radius 3 is 2.88 bits per heavy atom. The molecule has 0 aromatic carbocycles. The van der Waals surface area contributed by atoms with E-state index in [1.807, 2.05) is 0 Å². The summed E-state index contributed by atoms with van der Waals surface area (Å²) in [6.07, 6.45) is 14.0. The molecule has 25 heavy (non-hydrogen) atoms. The Hall–Kier alpha value is -3.03. The van der Waals surface area contributed by atoms with Gasteiger partial charge in [-0.1, -0.05) is 46.7 Å². The van der Waals surface area contributed by atoms with Crippen LogP contribution in [0.25, 0.3) is 0 Å². The van der Waals surface area contributed by atoms with Gasteiger partial charge in [-0.2, -0.15) is 0 Å². The molecule has 0 radical (unpaired) electrons. The van der Waals surface area contributed by atoms with Gasteiger partial charge in [0.15, 0.2) is 0 Å². The van der Waals surface area contributed by atoms with E-state index in [0.29, 0.717) is 18.0 Å². The van der Waals surface area contributed by atoms with E-state index in [1.165, 1.54) is 0 Å². The lowest BCUT2D eigenvalue weighted by Gasteiger charge is -2.25. The number of rotatable bonds is 3. The van der Waals surface area contributed by atoms with Crippen LogP contribution in [0.4, 0.5) is 4.79 Å². The number of nitrogens with one attached hydrogen (secondary N) is 3. The molecule has 2 atom stereocenters. The Labute approximate surface area is 144 Å². The number of carbonyl (C=O) groups excluding carboxylic acids is 3. The first-order valence-electron chi connectivity index (χ1n) is 8.19. The van der Waals surface area contributed by atoms with Crippen molar-refractivity contribution >= 4 is 17.8 Å². The zero-order valence-electron chi connectivity index (χ0n) is 13.6. The van der Waals surface area contributed by atoms with Crippen LogP contribution in [0.3, 0.4) is 0 Å². The van der Waals surface area contributed by atoms with Gasteiger partial charge in [-0.05, 0) is 30.8 Å². The summed E-state index contributed by atoms with van der Waals surface area (Å²) in [5.41, 5.74) is 5.55. The second-order valence-corrected chi connectivity index (χ2v) is 6.01. The van der Waals surface area contributed by atoms with Gasteiger partial charge in [-0.25, -0.2) is 4.79 Å². The van der Waals surface area contributed by atoms with E-state index in [4.69, 9.17) is 0 Å². The van der Waals surface area contributed by atoms with Crippen LogP contribution in [-0.4, -0.2) is 24.4 Å². The van der Waals surface area contributed by atoms with Crippen LogP contribution in [0.1, 0.15) is 19.3 Å². The summed E-state index contributed by atoms with van der Waals surface area (Å²) < 4.78 is 0. The number of hydrogen-bond acceptors (Lipinski definition) is 4. The summed E-state index contributed by atoms with van der Waals surface area (Å²) in [5.74, 6) is -1.13. The van der Waals surface area contributed by atoms with Crippen LogP contribution in [0, 0.1) is 11.8 Å². The zero-order chi connectivity index (χ0) is 17.6. The van der Waals surface area contributed by atoms with Crippen LogP contribution in [0.2, 0.25) is 0 Å². The van der Waals surface area contributed by atoms with E-state index in [-0.39, 0.29) is 11.6 Å². The fourth-order valence-electron chi connectivity index (χ4n) is 2.91. The van der Waals surface area contributed by atoms with Gasteiger partial charge in [0.2, 0.25) is 5.91 Å². The Kier molecular flexibility index (Phi) is 5.17. The van der Waals surface area contributed by atoms with Crippen molar-refractivity contribution in [1.82, 2.24) is 16.2 Å². The number of urea groups is 1. The van der Waals surface area contributed by atoms with Crippen molar-refractivity contribution in [1.29, 1.82) is 0 Å². The first kappa shape index (κ1) is 16.8. The lowest BCUT2D eigenvalue weighted by atomic mass is 9.91. The number of nitrogens with zero attached hydrogens (tertiary/aromatic N) is 2. The first-order valence-corrected chi connectivity index (χ1v) is 8.19. The number of fused-ring (bicyclic) bond motifs is 1. The quantitative estimate of drug-likeness (QED) is 0.535. The Bertz CT molecular complexity index is 733. The van der Waals surface area contributed by atoms with Crippen molar-refractivity contribution in [2.75, 3.05) is 6.54 Å². The molecular formula is C17H19N5O3. The molecule has 3 N–H and O–H groups in total. The van der Waals surface area contributed by atoms with Gasteiger partial charge in [0.05, 0.1) is 5.92 Å². The number of hydrazine groups is 1. The summed E-state index contributed by atoms with van der Waals surface area (Å²) in [6, 6.07) is -0.649. The van der Waals surface area contributed by atoms with Crippen molar-refractivity contribution in [2.45, 2.75) is 19.3 Å². The minimum atomic E-state index is -0.712. The summed E-state index contributed by atoms with van der Waals surface area (Å²) >= 11 is 0. The lowest BCUT2D eigenvalue weighted by Crippen LogP contribution is -2.48. The molecule has 1 aliphatic heterocycles. The molecule has 0 aromatic heterocycles. The molecule has 0 spiro atoms. The molecule has 2 unspecified atom stereocenters. The highest BCUT2D eigenvalue weighted by atomic mass is 16.2. The summed E-state index contributed by atoms with van der Waals surface area (Å²) in [7, 11) is 0. The predicted octanol–water partition coefficient (Wildman–Crippen LogP) is 1.66. The van der Waals surface area contributed by atoms with E-state index < -0.39 is 17.9 Å². The Morgan fingerprint density at radius 1 is 1.20 bits per heavy atom. The second kappa shape index (κ2) is 7.69. The van der Waals surface area contributed by atoms with Gasteiger partial charge in [0.1, 0.15) is 5.70 Å². The molecule has 0 fully saturated rings. The summed E-state index contributed by atoms with van der Waals surface area (Å²) in [6.45, 7) is 0.508. The third-order valence-electron chi connectivity index (χ3n) is 4.27. The van der Waals surface area contributed by atoms with Gasteiger partial charge in [-0.15, -0.1) is 0 Å². The zero-order valence-corrected chi connectivity index (χ0v) is 13.6. The maximum absolute atomic E-state index is 12.2. The molecule has 0 saturated carbocycles. The maximum atomic E-state index is 12.2. The number of amides is 4. The molecule has 8 heteroatoms. The van der Waals surface area contributed by atoms with Gasteiger partial charge in [0, 0.05) is 6.54 Å². The van der Waals surface area contributed by atoms with E-state index in [9.17, 15) is 14.4 Å². The Morgan fingerprint density at radius 2 is 2.08 bits per heavy atom. The number of hydrogen-bond donors (Lipinski definition) is 3. The van der Waals surface area contributed by atoms with Crippen LogP contribution >= 0.6 is 0 Å². The van der Waals surface area contributed by atoms with Crippen LogP contribution < -0.4 is 16.2 Å². The van der Waals surface area contributed by atoms with Crippen molar-refractivity contribution in [3.05, 3.63) is 47.7 Å². The molecule has 2 aliphatic carbocycles. The maximum Gasteiger partial charge on any atom is 0.359 e. The lowest BCUT2D eigenvalue weighted by molar-refractivity contribution is -0.124. The van der Waals surface area contributed by atoms with Crippen molar-refractivity contribution in [2.24, 2.45) is 22.1 Å². The SMILES string of the molecule is O=C(N=NC(=O)C1=C2C=CC=CC2C(=O)NN1)NCC1CC=CCC1. The van der Waals surface area contributed by atoms with Crippen LogP contribution in [0.5, 0.6) is 0 Å². The third-order valence-corrected chi connectivity index (χ3v) is 4.27.